The monoisotopic (exact) mass is 287 g/mol. The van der Waals surface area contributed by atoms with E-state index < -0.39 is 0 Å². The predicted molar refractivity (Wildman–Crippen MR) is 77.8 cm³/mol. The topological polar surface area (TPSA) is 103 Å². The lowest BCUT2D eigenvalue weighted by molar-refractivity contribution is 0.0927. The van der Waals surface area contributed by atoms with Crippen LogP contribution in [-0.4, -0.2) is 33.5 Å². The standard InChI is InChI=1S/C14H17N5O2/c1-9-6-12(19-14(15)18-9)13(20)17-7-10(2)21-11-4-3-5-16-8-11/h3-6,8,10H,7H2,1-2H3,(H,17,20)(H2,15,18,19). The van der Waals surface area contributed by atoms with Crippen molar-refractivity contribution >= 4 is 11.9 Å². The molecule has 1 unspecified atom stereocenters. The second-order valence-corrected chi connectivity index (χ2v) is 4.58. The second-order valence-electron chi connectivity index (χ2n) is 4.58. The van der Waals surface area contributed by atoms with Crippen LogP contribution in [0.3, 0.4) is 0 Å². The smallest absolute Gasteiger partial charge is 0.270 e. The summed E-state index contributed by atoms with van der Waals surface area (Å²) in [5.74, 6) is 0.426. The number of hydrogen-bond acceptors (Lipinski definition) is 6. The number of aryl methyl sites for hydroxylation is 1. The number of ether oxygens (including phenoxy) is 1. The largest absolute Gasteiger partial charge is 0.487 e. The van der Waals surface area contributed by atoms with Crippen LogP contribution >= 0.6 is 0 Å². The summed E-state index contributed by atoms with van der Waals surface area (Å²) in [7, 11) is 0. The number of carbonyl (C=O) groups is 1. The van der Waals surface area contributed by atoms with Gasteiger partial charge in [-0.05, 0) is 32.0 Å². The maximum atomic E-state index is 12.0. The molecule has 2 heterocycles. The number of nitrogens with two attached hydrogens (primary N) is 1. The molecule has 0 saturated heterocycles. The molecule has 0 radical (unpaired) electrons. The highest BCUT2D eigenvalue weighted by Crippen LogP contribution is 2.08. The molecule has 0 aliphatic heterocycles. The number of amides is 1. The highest BCUT2D eigenvalue weighted by Gasteiger charge is 2.11. The van der Waals surface area contributed by atoms with Gasteiger partial charge >= 0.3 is 0 Å². The van der Waals surface area contributed by atoms with Crippen molar-refractivity contribution in [2.75, 3.05) is 12.3 Å². The summed E-state index contributed by atoms with van der Waals surface area (Å²) in [4.78, 5) is 23.8. The van der Waals surface area contributed by atoms with E-state index >= 15 is 0 Å². The Hall–Kier alpha value is -2.70. The fourth-order valence-electron chi connectivity index (χ4n) is 1.73. The Kier molecular flexibility index (Phi) is 4.65. The molecule has 0 fully saturated rings. The van der Waals surface area contributed by atoms with Crippen LogP contribution in [0.1, 0.15) is 23.1 Å². The Morgan fingerprint density at radius 3 is 2.95 bits per heavy atom. The van der Waals surface area contributed by atoms with Gasteiger partial charge in [-0.3, -0.25) is 9.78 Å². The molecule has 2 aromatic heterocycles. The first-order chi connectivity index (χ1) is 10.0. The lowest BCUT2D eigenvalue weighted by Crippen LogP contribution is -2.34. The molecule has 2 rings (SSSR count). The van der Waals surface area contributed by atoms with E-state index in [1.54, 1.807) is 37.5 Å². The van der Waals surface area contributed by atoms with E-state index in [0.29, 0.717) is 18.0 Å². The lowest BCUT2D eigenvalue weighted by Gasteiger charge is -2.15. The van der Waals surface area contributed by atoms with Gasteiger partial charge in [0.15, 0.2) is 0 Å². The molecule has 1 amide bonds. The van der Waals surface area contributed by atoms with Crippen molar-refractivity contribution in [3.8, 4) is 5.75 Å². The summed E-state index contributed by atoms with van der Waals surface area (Å²) in [6.07, 6.45) is 3.09. The third-order valence-electron chi connectivity index (χ3n) is 2.63. The van der Waals surface area contributed by atoms with Crippen LogP contribution in [0.25, 0.3) is 0 Å². The molecule has 3 N–H and O–H groups in total. The van der Waals surface area contributed by atoms with E-state index in [2.05, 4.69) is 20.3 Å². The maximum absolute atomic E-state index is 12.0. The Bertz CT molecular complexity index is 598. The van der Waals surface area contributed by atoms with Crippen LogP contribution < -0.4 is 15.8 Å². The summed E-state index contributed by atoms with van der Waals surface area (Å²) in [5.41, 5.74) is 6.41. The summed E-state index contributed by atoms with van der Waals surface area (Å²) in [6, 6.07) is 5.17. The first kappa shape index (κ1) is 14.7. The first-order valence-electron chi connectivity index (χ1n) is 6.50. The van der Waals surface area contributed by atoms with Crippen molar-refractivity contribution in [2.24, 2.45) is 0 Å². The zero-order valence-corrected chi connectivity index (χ0v) is 11.9. The van der Waals surface area contributed by atoms with Crippen molar-refractivity contribution in [1.29, 1.82) is 0 Å². The lowest BCUT2D eigenvalue weighted by atomic mass is 10.3. The van der Waals surface area contributed by atoms with Gasteiger partial charge in [0, 0.05) is 11.9 Å². The predicted octanol–water partition coefficient (Wildman–Crippen LogP) is 0.960. The van der Waals surface area contributed by atoms with E-state index in [4.69, 9.17) is 10.5 Å². The number of nitrogens with zero attached hydrogens (tertiary/aromatic N) is 3. The molecule has 0 aliphatic rings. The minimum Gasteiger partial charge on any atom is -0.487 e. The van der Waals surface area contributed by atoms with Gasteiger partial charge in [0.2, 0.25) is 5.95 Å². The minimum absolute atomic E-state index is 0.0832. The van der Waals surface area contributed by atoms with Crippen LogP contribution in [-0.2, 0) is 0 Å². The average molecular weight is 287 g/mol. The van der Waals surface area contributed by atoms with Crippen LogP contribution in [0, 0.1) is 6.92 Å². The number of nitrogen functional groups attached to an aromatic ring is 1. The first-order valence-corrected chi connectivity index (χ1v) is 6.50. The van der Waals surface area contributed by atoms with E-state index in [0.717, 1.165) is 0 Å². The van der Waals surface area contributed by atoms with Crippen LogP contribution in [0.2, 0.25) is 0 Å². The van der Waals surface area contributed by atoms with Crippen LogP contribution in [0.5, 0.6) is 5.75 Å². The van der Waals surface area contributed by atoms with E-state index in [-0.39, 0.29) is 23.7 Å². The van der Waals surface area contributed by atoms with Gasteiger partial charge in [0.1, 0.15) is 17.5 Å². The van der Waals surface area contributed by atoms with Gasteiger partial charge in [-0.1, -0.05) is 0 Å². The third kappa shape index (κ3) is 4.41. The average Bonchev–Trinajstić information content (AvgIpc) is 2.45. The van der Waals surface area contributed by atoms with Crippen molar-refractivity contribution in [3.05, 3.63) is 42.0 Å². The molecule has 0 aliphatic carbocycles. The summed E-state index contributed by atoms with van der Waals surface area (Å²) in [5, 5.41) is 2.74. The number of nitrogens with one attached hydrogen (secondary N) is 1. The molecule has 1 atom stereocenters. The van der Waals surface area contributed by atoms with E-state index in [1.807, 2.05) is 6.92 Å². The molecular weight excluding hydrogens is 270 g/mol. The number of anilines is 1. The number of hydrogen-bond donors (Lipinski definition) is 2. The summed E-state index contributed by atoms with van der Waals surface area (Å²) < 4.78 is 5.61. The number of rotatable bonds is 5. The molecule has 110 valence electrons. The Morgan fingerprint density at radius 2 is 2.29 bits per heavy atom. The van der Waals surface area contributed by atoms with Crippen molar-refractivity contribution < 1.29 is 9.53 Å². The minimum atomic E-state index is -0.311. The second kappa shape index (κ2) is 6.65. The molecule has 7 heteroatoms. The van der Waals surface area contributed by atoms with Gasteiger partial charge in [0.05, 0.1) is 12.7 Å². The molecule has 2 aromatic rings. The molecular formula is C14H17N5O2. The van der Waals surface area contributed by atoms with E-state index in [9.17, 15) is 4.79 Å². The van der Waals surface area contributed by atoms with E-state index in [1.165, 1.54) is 0 Å². The number of pyridine rings is 1. The molecule has 0 saturated carbocycles. The Morgan fingerprint density at radius 1 is 1.48 bits per heavy atom. The Labute approximate surface area is 122 Å². The van der Waals surface area contributed by atoms with Crippen LogP contribution in [0.4, 0.5) is 5.95 Å². The normalized spacial score (nSPS) is 11.7. The quantitative estimate of drug-likeness (QED) is 0.849. The number of aromatic nitrogens is 3. The fourth-order valence-corrected chi connectivity index (χ4v) is 1.73. The maximum Gasteiger partial charge on any atom is 0.270 e. The highest BCUT2D eigenvalue weighted by atomic mass is 16.5. The number of carbonyl (C=O) groups excluding carboxylic acids is 1. The zero-order valence-electron chi connectivity index (χ0n) is 11.9. The molecule has 0 spiro atoms. The van der Waals surface area contributed by atoms with Crippen molar-refractivity contribution in [2.45, 2.75) is 20.0 Å². The fraction of sp³-hybridized carbons (Fsp3) is 0.286. The summed E-state index contributed by atoms with van der Waals surface area (Å²) >= 11 is 0. The molecule has 7 nitrogen and oxygen atoms in total. The van der Waals surface area contributed by atoms with Gasteiger partial charge in [-0.2, -0.15) is 0 Å². The third-order valence-corrected chi connectivity index (χ3v) is 2.63. The van der Waals surface area contributed by atoms with Gasteiger partial charge in [-0.25, -0.2) is 9.97 Å². The van der Waals surface area contributed by atoms with Crippen molar-refractivity contribution in [3.63, 3.8) is 0 Å². The highest BCUT2D eigenvalue weighted by molar-refractivity contribution is 5.92. The molecule has 0 aromatic carbocycles. The SMILES string of the molecule is Cc1cc(C(=O)NCC(C)Oc2cccnc2)nc(N)n1. The zero-order chi connectivity index (χ0) is 15.2. The van der Waals surface area contributed by atoms with Crippen LogP contribution in [0.15, 0.2) is 30.6 Å². The van der Waals surface area contributed by atoms with Gasteiger partial charge in [-0.15, -0.1) is 0 Å². The van der Waals surface area contributed by atoms with Gasteiger partial charge in [0.25, 0.3) is 5.91 Å². The van der Waals surface area contributed by atoms with Crippen molar-refractivity contribution in [1.82, 2.24) is 20.3 Å². The molecule has 0 bridgehead atoms. The Balaban J connectivity index is 1.88. The molecule has 21 heavy (non-hydrogen) atoms. The van der Waals surface area contributed by atoms with Gasteiger partial charge < -0.3 is 15.8 Å². The summed E-state index contributed by atoms with van der Waals surface area (Å²) in [6.45, 7) is 3.95.